The number of hydrogen-bond donors (Lipinski definition) is 1. The van der Waals surface area contributed by atoms with E-state index >= 15 is 0 Å². The van der Waals surface area contributed by atoms with Crippen LogP contribution in [0.1, 0.15) is 16.2 Å². The zero-order chi connectivity index (χ0) is 12.3. The Morgan fingerprint density at radius 3 is 2.82 bits per heavy atom. The van der Waals surface area contributed by atoms with Crippen LogP contribution < -0.4 is 5.32 Å². The maximum absolute atomic E-state index is 11.8. The molecule has 17 heavy (non-hydrogen) atoms. The van der Waals surface area contributed by atoms with E-state index in [-0.39, 0.29) is 11.6 Å². The first-order valence-corrected chi connectivity index (χ1v) is 5.25. The molecule has 0 fully saturated rings. The number of amides is 1. The second-order valence-corrected chi connectivity index (χ2v) is 3.70. The number of carbonyl (C=O) groups is 1. The van der Waals surface area contributed by atoms with Crippen molar-refractivity contribution in [2.75, 3.05) is 5.32 Å². The Kier molecular flexibility index (Phi) is 3.30. The summed E-state index contributed by atoms with van der Waals surface area (Å²) < 4.78 is 0. The molecular formula is C11H9ClN4O. The molecule has 0 aromatic carbocycles. The SMILES string of the molecule is Cc1nc(Cl)ccc1NC(=O)c1cnccn1. The molecule has 0 radical (unpaired) electrons. The highest BCUT2D eigenvalue weighted by atomic mass is 35.5. The fourth-order valence-electron chi connectivity index (χ4n) is 1.27. The highest BCUT2D eigenvalue weighted by Crippen LogP contribution is 2.16. The maximum atomic E-state index is 11.8. The third-order valence-electron chi connectivity index (χ3n) is 2.10. The molecule has 0 aliphatic rings. The molecule has 2 aromatic rings. The second kappa shape index (κ2) is 4.88. The van der Waals surface area contributed by atoms with Crippen molar-refractivity contribution in [1.29, 1.82) is 0 Å². The first-order chi connectivity index (χ1) is 8.16. The summed E-state index contributed by atoms with van der Waals surface area (Å²) in [5, 5.41) is 3.08. The van der Waals surface area contributed by atoms with Crippen molar-refractivity contribution in [1.82, 2.24) is 15.0 Å². The summed E-state index contributed by atoms with van der Waals surface area (Å²) >= 11 is 5.72. The Hall–Kier alpha value is -2.01. The molecule has 0 aliphatic carbocycles. The minimum atomic E-state index is -0.328. The molecule has 0 saturated carbocycles. The molecule has 0 bridgehead atoms. The fourth-order valence-corrected chi connectivity index (χ4v) is 1.45. The summed E-state index contributed by atoms with van der Waals surface area (Å²) in [5.41, 5.74) is 1.50. The molecule has 0 unspecified atom stereocenters. The summed E-state index contributed by atoms with van der Waals surface area (Å²) in [7, 11) is 0. The first-order valence-electron chi connectivity index (χ1n) is 4.87. The normalized spacial score (nSPS) is 10.0. The molecule has 5 nitrogen and oxygen atoms in total. The minimum Gasteiger partial charge on any atom is -0.319 e. The topological polar surface area (TPSA) is 67.8 Å². The fraction of sp³-hybridized carbons (Fsp3) is 0.0909. The summed E-state index contributed by atoms with van der Waals surface area (Å²) in [6.07, 6.45) is 4.36. The van der Waals surface area contributed by atoms with Crippen molar-refractivity contribution < 1.29 is 4.79 Å². The van der Waals surface area contributed by atoms with Gasteiger partial charge in [-0.05, 0) is 19.1 Å². The predicted molar refractivity (Wildman–Crippen MR) is 64.0 cm³/mol. The minimum absolute atomic E-state index is 0.252. The molecule has 0 saturated heterocycles. The average molecular weight is 249 g/mol. The van der Waals surface area contributed by atoms with Crippen molar-refractivity contribution in [2.24, 2.45) is 0 Å². The van der Waals surface area contributed by atoms with Crippen LogP contribution in [0, 0.1) is 6.92 Å². The molecule has 1 amide bonds. The number of halogens is 1. The van der Waals surface area contributed by atoms with Gasteiger partial charge in [0.05, 0.1) is 17.6 Å². The van der Waals surface area contributed by atoms with E-state index in [1.807, 2.05) is 0 Å². The monoisotopic (exact) mass is 248 g/mol. The Bertz CT molecular complexity index is 544. The quantitative estimate of drug-likeness (QED) is 0.827. The highest BCUT2D eigenvalue weighted by Gasteiger charge is 2.09. The molecule has 86 valence electrons. The van der Waals surface area contributed by atoms with Gasteiger partial charge in [-0.25, -0.2) is 9.97 Å². The summed E-state index contributed by atoms with van der Waals surface area (Å²) in [6.45, 7) is 1.76. The Morgan fingerprint density at radius 2 is 2.18 bits per heavy atom. The van der Waals surface area contributed by atoms with E-state index in [0.29, 0.717) is 16.5 Å². The van der Waals surface area contributed by atoms with Gasteiger partial charge in [-0.3, -0.25) is 9.78 Å². The molecule has 2 heterocycles. The molecule has 0 spiro atoms. The van der Waals surface area contributed by atoms with Gasteiger partial charge in [0, 0.05) is 12.4 Å². The van der Waals surface area contributed by atoms with Crippen LogP contribution in [0.5, 0.6) is 0 Å². The smallest absolute Gasteiger partial charge is 0.275 e. The van der Waals surface area contributed by atoms with Crippen LogP contribution in [0.25, 0.3) is 0 Å². The lowest BCUT2D eigenvalue weighted by atomic mass is 10.3. The number of nitrogens with zero attached hydrogens (tertiary/aromatic N) is 3. The Labute approximate surface area is 103 Å². The van der Waals surface area contributed by atoms with Crippen molar-refractivity contribution in [3.63, 3.8) is 0 Å². The van der Waals surface area contributed by atoms with Crippen molar-refractivity contribution in [3.05, 3.63) is 47.3 Å². The molecule has 0 atom stereocenters. The zero-order valence-corrected chi connectivity index (χ0v) is 9.77. The van der Waals surface area contributed by atoms with Crippen LogP contribution >= 0.6 is 11.6 Å². The number of aromatic nitrogens is 3. The standard InChI is InChI=1S/C11H9ClN4O/c1-7-8(2-3-10(12)15-7)16-11(17)9-6-13-4-5-14-9/h2-6H,1H3,(H,16,17). The number of rotatable bonds is 2. The van der Waals surface area contributed by atoms with Crippen LogP contribution in [0.2, 0.25) is 5.15 Å². The van der Waals surface area contributed by atoms with Crippen molar-refractivity contribution in [3.8, 4) is 0 Å². The number of anilines is 1. The maximum Gasteiger partial charge on any atom is 0.275 e. The Balaban J connectivity index is 2.19. The molecule has 2 rings (SSSR count). The van der Waals surface area contributed by atoms with E-state index in [0.717, 1.165) is 0 Å². The van der Waals surface area contributed by atoms with Crippen LogP contribution in [0.15, 0.2) is 30.7 Å². The first kappa shape index (κ1) is 11.5. The lowest BCUT2D eigenvalue weighted by Gasteiger charge is -2.06. The molecule has 1 N–H and O–H groups in total. The number of hydrogen-bond acceptors (Lipinski definition) is 4. The van der Waals surface area contributed by atoms with Gasteiger partial charge >= 0.3 is 0 Å². The van der Waals surface area contributed by atoms with Gasteiger partial charge in [0.1, 0.15) is 10.8 Å². The second-order valence-electron chi connectivity index (χ2n) is 3.31. The van der Waals surface area contributed by atoms with Crippen LogP contribution in [-0.4, -0.2) is 20.9 Å². The van der Waals surface area contributed by atoms with E-state index in [2.05, 4.69) is 20.3 Å². The molecular weight excluding hydrogens is 240 g/mol. The molecule has 0 aliphatic heterocycles. The van der Waals surface area contributed by atoms with Crippen molar-refractivity contribution in [2.45, 2.75) is 6.92 Å². The van der Waals surface area contributed by atoms with E-state index in [1.165, 1.54) is 18.6 Å². The lowest BCUT2D eigenvalue weighted by molar-refractivity contribution is 0.102. The summed E-state index contributed by atoms with van der Waals surface area (Å²) in [4.78, 5) is 23.5. The van der Waals surface area contributed by atoms with Gasteiger partial charge < -0.3 is 5.32 Å². The lowest BCUT2D eigenvalue weighted by Crippen LogP contribution is -2.14. The third-order valence-corrected chi connectivity index (χ3v) is 2.31. The van der Waals surface area contributed by atoms with Gasteiger partial charge in [-0.1, -0.05) is 11.6 Å². The number of carbonyl (C=O) groups excluding carboxylic acids is 1. The van der Waals surface area contributed by atoms with E-state index < -0.39 is 0 Å². The van der Waals surface area contributed by atoms with Gasteiger partial charge in [0.15, 0.2) is 0 Å². The van der Waals surface area contributed by atoms with E-state index in [4.69, 9.17) is 11.6 Å². The van der Waals surface area contributed by atoms with Crippen LogP contribution in [0.3, 0.4) is 0 Å². The van der Waals surface area contributed by atoms with Gasteiger partial charge in [0.2, 0.25) is 0 Å². The van der Waals surface area contributed by atoms with Crippen LogP contribution in [0.4, 0.5) is 5.69 Å². The third kappa shape index (κ3) is 2.76. The number of nitrogens with one attached hydrogen (secondary N) is 1. The predicted octanol–water partition coefficient (Wildman–Crippen LogP) is 2.09. The highest BCUT2D eigenvalue weighted by molar-refractivity contribution is 6.29. The molecule has 2 aromatic heterocycles. The van der Waals surface area contributed by atoms with Gasteiger partial charge in [0.25, 0.3) is 5.91 Å². The number of pyridine rings is 1. The number of aryl methyl sites for hydroxylation is 1. The average Bonchev–Trinajstić information content (AvgIpc) is 2.34. The van der Waals surface area contributed by atoms with Gasteiger partial charge in [-0.15, -0.1) is 0 Å². The van der Waals surface area contributed by atoms with E-state index in [1.54, 1.807) is 19.1 Å². The zero-order valence-electron chi connectivity index (χ0n) is 9.01. The molecule has 6 heteroatoms. The van der Waals surface area contributed by atoms with Crippen molar-refractivity contribution >= 4 is 23.2 Å². The summed E-state index contributed by atoms with van der Waals surface area (Å²) in [6, 6.07) is 3.31. The summed E-state index contributed by atoms with van der Waals surface area (Å²) in [5.74, 6) is -0.328. The Morgan fingerprint density at radius 1 is 1.35 bits per heavy atom. The van der Waals surface area contributed by atoms with Crippen LogP contribution in [-0.2, 0) is 0 Å². The largest absolute Gasteiger partial charge is 0.319 e. The van der Waals surface area contributed by atoms with E-state index in [9.17, 15) is 4.79 Å². The van der Waals surface area contributed by atoms with Gasteiger partial charge in [-0.2, -0.15) is 0 Å².